The molecular weight excluding hydrogens is 348 g/mol. The summed E-state index contributed by atoms with van der Waals surface area (Å²) in [6, 6.07) is 19.7. The van der Waals surface area contributed by atoms with Crippen molar-refractivity contribution < 1.29 is 28.4 Å². The van der Waals surface area contributed by atoms with Gasteiger partial charge in [-0.2, -0.15) is 0 Å². The molecule has 3 aliphatic rings. The normalized spacial score (nSPS) is 37.7. The summed E-state index contributed by atoms with van der Waals surface area (Å²) >= 11 is 0. The van der Waals surface area contributed by atoms with Crippen molar-refractivity contribution in [1.82, 2.24) is 0 Å². The summed E-state index contributed by atoms with van der Waals surface area (Å²) in [4.78, 5) is 0. The molecular formula is C21H22O6. The first-order chi connectivity index (χ1) is 13.3. The predicted molar refractivity (Wildman–Crippen MR) is 94.6 cm³/mol. The van der Waals surface area contributed by atoms with Crippen molar-refractivity contribution in [3.05, 3.63) is 71.8 Å². The molecule has 27 heavy (non-hydrogen) atoms. The van der Waals surface area contributed by atoms with Crippen molar-refractivity contribution in [3.63, 3.8) is 0 Å². The number of hydrogen-bond donors (Lipinski definition) is 0. The van der Waals surface area contributed by atoms with Crippen LogP contribution in [-0.4, -0.2) is 44.4 Å². The summed E-state index contributed by atoms with van der Waals surface area (Å²) in [5.41, 5.74) is 1.92. The molecule has 142 valence electrons. The van der Waals surface area contributed by atoms with E-state index in [1.807, 2.05) is 60.7 Å². The minimum Gasteiger partial charge on any atom is -0.382 e. The quantitative estimate of drug-likeness (QED) is 0.825. The van der Waals surface area contributed by atoms with E-state index >= 15 is 0 Å². The largest absolute Gasteiger partial charge is 0.382 e. The first-order valence-corrected chi connectivity index (χ1v) is 9.19. The Morgan fingerprint density at radius 2 is 1.26 bits per heavy atom. The van der Waals surface area contributed by atoms with E-state index < -0.39 is 18.9 Å². The molecule has 3 saturated heterocycles. The van der Waals surface area contributed by atoms with Crippen LogP contribution in [0.5, 0.6) is 0 Å². The van der Waals surface area contributed by atoms with Crippen molar-refractivity contribution in [2.45, 2.75) is 43.3 Å². The van der Waals surface area contributed by atoms with Crippen LogP contribution in [0.2, 0.25) is 0 Å². The van der Waals surface area contributed by atoms with Crippen LogP contribution < -0.4 is 0 Å². The van der Waals surface area contributed by atoms with E-state index in [2.05, 4.69) is 0 Å². The van der Waals surface area contributed by atoms with Gasteiger partial charge in [0, 0.05) is 18.2 Å². The molecule has 5 rings (SSSR count). The molecule has 0 aliphatic carbocycles. The van der Waals surface area contributed by atoms with Crippen LogP contribution in [0.4, 0.5) is 0 Å². The summed E-state index contributed by atoms with van der Waals surface area (Å²) in [7, 11) is 1.65. The lowest BCUT2D eigenvalue weighted by atomic mass is 10.0. The third-order valence-electron chi connectivity index (χ3n) is 5.17. The second-order valence-corrected chi connectivity index (χ2v) is 6.92. The maximum Gasteiger partial charge on any atom is 0.190 e. The van der Waals surface area contributed by atoms with Crippen molar-refractivity contribution in [3.8, 4) is 0 Å². The van der Waals surface area contributed by atoms with Gasteiger partial charge in [-0.15, -0.1) is 0 Å². The molecule has 6 heteroatoms. The summed E-state index contributed by atoms with van der Waals surface area (Å²) in [6.07, 6.45) is -2.58. The zero-order valence-corrected chi connectivity index (χ0v) is 15.0. The second-order valence-electron chi connectivity index (χ2n) is 6.92. The maximum atomic E-state index is 6.26. The lowest BCUT2D eigenvalue weighted by molar-refractivity contribution is -0.306. The van der Waals surface area contributed by atoms with Gasteiger partial charge in [-0.05, 0) is 0 Å². The van der Waals surface area contributed by atoms with Gasteiger partial charge in [-0.3, -0.25) is 0 Å². The summed E-state index contributed by atoms with van der Waals surface area (Å²) in [6.45, 7) is 0.412. The minimum atomic E-state index is -0.491. The molecule has 0 bridgehead atoms. The van der Waals surface area contributed by atoms with Crippen LogP contribution in [-0.2, 0) is 28.4 Å². The number of hydrogen-bond acceptors (Lipinski definition) is 6. The average Bonchev–Trinajstić information content (AvgIpc) is 3.28. The second kappa shape index (κ2) is 7.31. The molecule has 3 fully saturated rings. The van der Waals surface area contributed by atoms with E-state index in [-0.39, 0.29) is 24.4 Å². The van der Waals surface area contributed by atoms with Crippen LogP contribution in [0.3, 0.4) is 0 Å². The third kappa shape index (κ3) is 3.18. The molecule has 0 saturated carbocycles. The molecule has 7 unspecified atom stereocenters. The molecule has 0 aromatic heterocycles. The molecule has 3 heterocycles. The Morgan fingerprint density at radius 1 is 0.667 bits per heavy atom. The van der Waals surface area contributed by atoms with Gasteiger partial charge in [0.2, 0.25) is 0 Å². The average molecular weight is 370 g/mol. The van der Waals surface area contributed by atoms with Crippen LogP contribution in [0.1, 0.15) is 23.7 Å². The monoisotopic (exact) mass is 370 g/mol. The molecule has 2 aromatic rings. The summed E-state index contributed by atoms with van der Waals surface area (Å²) < 4.78 is 36.0. The smallest absolute Gasteiger partial charge is 0.190 e. The Hall–Kier alpha value is -1.80. The number of fused-ring (bicyclic) bond motifs is 3. The molecule has 3 aliphatic heterocycles. The van der Waals surface area contributed by atoms with Gasteiger partial charge < -0.3 is 28.4 Å². The first-order valence-electron chi connectivity index (χ1n) is 9.19. The van der Waals surface area contributed by atoms with Gasteiger partial charge in [0.1, 0.15) is 24.4 Å². The Kier molecular flexibility index (Phi) is 4.69. The van der Waals surface area contributed by atoms with E-state index in [1.165, 1.54) is 0 Å². The van der Waals surface area contributed by atoms with Crippen LogP contribution in [0.25, 0.3) is 0 Å². The van der Waals surface area contributed by atoms with Gasteiger partial charge in [0.15, 0.2) is 18.9 Å². The van der Waals surface area contributed by atoms with Crippen molar-refractivity contribution in [1.29, 1.82) is 0 Å². The SMILES string of the molecule is COCC1OC(c2ccccc2)OC2C1OC1OC(c3ccccc3)OC12. The first kappa shape index (κ1) is 17.3. The molecule has 6 nitrogen and oxygen atoms in total. The Labute approximate surface area is 157 Å². The van der Waals surface area contributed by atoms with Crippen molar-refractivity contribution in [2.24, 2.45) is 0 Å². The number of rotatable bonds is 4. The van der Waals surface area contributed by atoms with Crippen LogP contribution >= 0.6 is 0 Å². The Morgan fingerprint density at radius 3 is 1.89 bits per heavy atom. The Bertz CT molecular complexity index is 754. The van der Waals surface area contributed by atoms with Gasteiger partial charge in [-0.1, -0.05) is 60.7 Å². The fraction of sp³-hybridized carbons (Fsp3) is 0.429. The van der Waals surface area contributed by atoms with E-state index in [4.69, 9.17) is 28.4 Å². The van der Waals surface area contributed by atoms with Gasteiger partial charge in [-0.25, -0.2) is 0 Å². The lowest BCUT2D eigenvalue weighted by Crippen LogP contribution is -2.50. The standard InChI is InChI=1S/C21H22O6/c1-22-12-15-16-17(25-19(23-15)13-8-4-2-5-9-13)18-21(24-16)27-20(26-18)14-10-6-3-7-11-14/h2-11,15-21H,12H2,1H3. The van der Waals surface area contributed by atoms with Crippen molar-refractivity contribution >= 4 is 0 Å². The number of methoxy groups -OCH3 is 1. The topological polar surface area (TPSA) is 55.4 Å². The number of benzene rings is 2. The fourth-order valence-electron chi connectivity index (χ4n) is 3.90. The highest BCUT2D eigenvalue weighted by molar-refractivity contribution is 5.19. The number of ether oxygens (including phenoxy) is 6. The highest BCUT2D eigenvalue weighted by atomic mass is 16.8. The third-order valence-corrected chi connectivity index (χ3v) is 5.17. The summed E-state index contributed by atoms with van der Waals surface area (Å²) in [5.74, 6) is 0. The summed E-state index contributed by atoms with van der Waals surface area (Å²) in [5, 5.41) is 0. The highest BCUT2D eigenvalue weighted by Gasteiger charge is 2.58. The fourth-order valence-corrected chi connectivity index (χ4v) is 3.90. The Balaban J connectivity index is 1.38. The molecule has 0 amide bonds. The predicted octanol–water partition coefficient (Wildman–Crippen LogP) is 2.95. The van der Waals surface area contributed by atoms with Crippen LogP contribution in [0.15, 0.2) is 60.7 Å². The van der Waals surface area contributed by atoms with E-state index in [0.29, 0.717) is 6.61 Å². The van der Waals surface area contributed by atoms with Gasteiger partial charge >= 0.3 is 0 Å². The lowest BCUT2D eigenvalue weighted by Gasteiger charge is -2.39. The van der Waals surface area contributed by atoms with E-state index in [9.17, 15) is 0 Å². The minimum absolute atomic E-state index is 0.257. The zero-order chi connectivity index (χ0) is 18.2. The van der Waals surface area contributed by atoms with Gasteiger partial charge in [0.05, 0.1) is 6.61 Å². The van der Waals surface area contributed by atoms with Crippen molar-refractivity contribution in [2.75, 3.05) is 13.7 Å². The van der Waals surface area contributed by atoms with Gasteiger partial charge in [0.25, 0.3) is 0 Å². The molecule has 0 spiro atoms. The van der Waals surface area contributed by atoms with E-state index in [1.54, 1.807) is 7.11 Å². The van der Waals surface area contributed by atoms with E-state index in [0.717, 1.165) is 11.1 Å². The maximum absolute atomic E-state index is 6.26. The van der Waals surface area contributed by atoms with Crippen LogP contribution in [0, 0.1) is 0 Å². The molecule has 0 radical (unpaired) electrons. The molecule has 7 atom stereocenters. The molecule has 2 aromatic carbocycles. The highest BCUT2D eigenvalue weighted by Crippen LogP contribution is 2.45. The zero-order valence-electron chi connectivity index (χ0n) is 15.0. The molecule has 0 N–H and O–H groups in total.